The van der Waals surface area contributed by atoms with Gasteiger partial charge in [0.2, 0.25) is 5.91 Å². The molecule has 8 heteroatoms. The zero-order valence-electron chi connectivity index (χ0n) is 12.0. The molecule has 1 fully saturated rings. The van der Waals surface area contributed by atoms with Crippen molar-refractivity contribution in [2.24, 2.45) is 5.92 Å². The normalized spacial score (nSPS) is 22.3. The van der Waals surface area contributed by atoms with E-state index in [-0.39, 0.29) is 36.0 Å². The van der Waals surface area contributed by atoms with Crippen LogP contribution in [0.5, 0.6) is 0 Å². The Morgan fingerprint density at radius 3 is 2.45 bits per heavy atom. The van der Waals surface area contributed by atoms with Crippen LogP contribution >= 0.6 is 0 Å². The Labute approximate surface area is 119 Å². The van der Waals surface area contributed by atoms with Crippen LogP contribution < -0.4 is 10.6 Å². The number of amides is 2. The highest BCUT2D eigenvalue weighted by Gasteiger charge is 2.32. The largest absolute Gasteiger partial charge is 0.450 e. The summed E-state index contributed by atoms with van der Waals surface area (Å²) in [5.41, 5.74) is 0. The Balaban J connectivity index is 2.59. The third-order valence-electron chi connectivity index (χ3n) is 3.08. The first-order valence-electron chi connectivity index (χ1n) is 6.69. The van der Waals surface area contributed by atoms with Crippen molar-refractivity contribution in [1.29, 1.82) is 0 Å². The number of carbonyl (C=O) groups is 2. The monoisotopic (exact) mass is 306 g/mol. The van der Waals surface area contributed by atoms with E-state index >= 15 is 0 Å². The van der Waals surface area contributed by atoms with E-state index in [4.69, 9.17) is 4.74 Å². The molecule has 1 aliphatic rings. The van der Waals surface area contributed by atoms with E-state index in [1.165, 1.54) is 0 Å². The Morgan fingerprint density at radius 2 is 2.00 bits per heavy atom. The summed E-state index contributed by atoms with van der Waals surface area (Å²) in [6, 6.07) is -1.12. The van der Waals surface area contributed by atoms with Gasteiger partial charge in [0.05, 0.1) is 18.1 Å². The van der Waals surface area contributed by atoms with Crippen molar-refractivity contribution < 1.29 is 22.7 Å². The molecule has 0 aromatic rings. The molecule has 2 N–H and O–H groups in total. The molecule has 1 heterocycles. The maximum Gasteiger partial charge on any atom is 0.407 e. The molecule has 1 saturated heterocycles. The highest BCUT2D eigenvalue weighted by atomic mass is 32.2. The van der Waals surface area contributed by atoms with Crippen LogP contribution in [0.4, 0.5) is 4.79 Å². The second-order valence-corrected chi connectivity index (χ2v) is 7.42. The highest BCUT2D eigenvalue weighted by Crippen LogP contribution is 2.12. The number of hydrogen-bond acceptors (Lipinski definition) is 5. The lowest BCUT2D eigenvalue weighted by molar-refractivity contribution is -0.124. The molecule has 0 aromatic carbocycles. The molecular weight excluding hydrogens is 284 g/mol. The van der Waals surface area contributed by atoms with E-state index in [0.717, 1.165) is 0 Å². The summed E-state index contributed by atoms with van der Waals surface area (Å²) < 4.78 is 27.4. The molecule has 0 spiro atoms. The van der Waals surface area contributed by atoms with E-state index in [1.807, 2.05) is 0 Å². The van der Waals surface area contributed by atoms with E-state index in [9.17, 15) is 18.0 Å². The van der Waals surface area contributed by atoms with Crippen molar-refractivity contribution in [3.05, 3.63) is 0 Å². The third-order valence-corrected chi connectivity index (χ3v) is 4.84. The van der Waals surface area contributed by atoms with Crippen LogP contribution in [0.15, 0.2) is 0 Å². The average molecular weight is 306 g/mol. The number of nitrogens with one attached hydrogen (secondary N) is 2. The topological polar surface area (TPSA) is 102 Å². The maximum atomic E-state index is 12.1. The Kier molecular flexibility index (Phi) is 5.79. The molecule has 2 amide bonds. The Hall–Kier alpha value is -1.31. The van der Waals surface area contributed by atoms with Crippen molar-refractivity contribution in [2.75, 3.05) is 18.1 Å². The lowest BCUT2D eigenvalue weighted by Crippen LogP contribution is -2.52. The average Bonchev–Trinajstić information content (AvgIpc) is 2.65. The molecule has 20 heavy (non-hydrogen) atoms. The van der Waals surface area contributed by atoms with E-state index < -0.39 is 22.0 Å². The van der Waals surface area contributed by atoms with Gasteiger partial charge in [0.15, 0.2) is 9.84 Å². The van der Waals surface area contributed by atoms with E-state index in [1.54, 1.807) is 20.8 Å². The number of ether oxygens (including phenoxy) is 1. The fourth-order valence-electron chi connectivity index (χ4n) is 2.03. The van der Waals surface area contributed by atoms with Gasteiger partial charge in [-0.05, 0) is 19.3 Å². The fraction of sp³-hybridized carbons (Fsp3) is 0.833. The number of carbonyl (C=O) groups excluding carboxylic acids is 2. The molecule has 1 aliphatic heterocycles. The molecule has 0 radical (unpaired) electrons. The summed E-state index contributed by atoms with van der Waals surface area (Å²) in [6.07, 6.45) is -0.237. The Morgan fingerprint density at radius 1 is 1.35 bits per heavy atom. The zero-order valence-corrected chi connectivity index (χ0v) is 12.8. The van der Waals surface area contributed by atoms with E-state index in [0.29, 0.717) is 6.42 Å². The summed E-state index contributed by atoms with van der Waals surface area (Å²) in [4.78, 5) is 23.5. The molecule has 7 nitrogen and oxygen atoms in total. The van der Waals surface area contributed by atoms with Gasteiger partial charge in [0.1, 0.15) is 6.04 Å². The maximum absolute atomic E-state index is 12.1. The van der Waals surface area contributed by atoms with Crippen LogP contribution in [0, 0.1) is 5.92 Å². The SMILES string of the molecule is CCOC(=O)NC(C(=O)NC1CCS(=O)(=O)C1)C(C)C. The highest BCUT2D eigenvalue weighted by molar-refractivity contribution is 7.91. The van der Waals surface area contributed by atoms with Crippen LogP contribution in [0.1, 0.15) is 27.2 Å². The number of sulfone groups is 1. The van der Waals surface area contributed by atoms with Gasteiger partial charge in [0.25, 0.3) is 0 Å². The first kappa shape index (κ1) is 16.7. The van der Waals surface area contributed by atoms with Crippen LogP contribution in [0.25, 0.3) is 0 Å². The van der Waals surface area contributed by atoms with Crippen molar-refractivity contribution in [3.8, 4) is 0 Å². The molecule has 1 rings (SSSR count). The second kappa shape index (κ2) is 6.92. The van der Waals surface area contributed by atoms with Gasteiger partial charge in [-0.15, -0.1) is 0 Å². The minimum absolute atomic E-state index is 0.0387. The van der Waals surface area contributed by atoms with Crippen molar-refractivity contribution in [2.45, 2.75) is 39.3 Å². The van der Waals surface area contributed by atoms with Gasteiger partial charge >= 0.3 is 6.09 Å². The molecule has 2 atom stereocenters. The second-order valence-electron chi connectivity index (χ2n) is 5.20. The van der Waals surface area contributed by atoms with Crippen LogP contribution in [0.3, 0.4) is 0 Å². The molecule has 116 valence electrons. The predicted octanol–water partition coefficient (Wildman–Crippen LogP) is 0.0604. The Bertz CT molecular complexity index is 460. The standard InChI is InChI=1S/C12H22N2O5S/c1-4-19-12(16)14-10(8(2)3)11(15)13-9-5-6-20(17,18)7-9/h8-10H,4-7H2,1-3H3,(H,13,15)(H,14,16). The lowest BCUT2D eigenvalue weighted by Gasteiger charge is -2.23. The predicted molar refractivity (Wildman–Crippen MR) is 74.0 cm³/mol. The molecule has 2 unspecified atom stereocenters. The van der Waals surface area contributed by atoms with Gasteiger partial charge in [-0.2, -0.15) is 0 Å². The minimum atomic E-state index is -3.05. The minimum Gasteiger partial charge on any atom is -0.450 e. The quantitative estimate of drug-likeness (QED) is 0.748. The van der Waals surface area contributed by atoms with Gasteiger partial charge in [-0.1, -0.05) is 13.8 Å². The number of hydrogen-bond donors (Lipinski definition) is 2. The first-order chi connectivity index (χ1) is 9.25. The molecule has 0 bridgehead atoms. The third kappa shape index (κ3) is 4.99. The van der Waals surface area contributed by atoms with Crippen molar-refractivity contribution in [1.82, 2.24) is 10.6 Å². The van der Waals surface area contributed by atoms with Crippen LogP contribution in [-0.4, -0.2) is 50.6 Å². The fourth-order valence-corrected chi connectivity index (χ4v) is 3.71. The first-order valence-corrected chi connectivity index (χ1v) is 8.51. The smallest absolute Gasteiger partial charge is 0.407 e. The van der Waals surface area contributed by atoms with Crippen LogP contribution in [0.2, 0.25) is 0 Å². The summed E-state index contributed by atoms with van der Waals surface area (Å²) in [6.45, 7) is 5.48. The van der Waals surface area contributed by atoms with E-state index in [2.05, 4.69) is 10.6 Å². The summed E-state index contributed by atoms with van der Waals surface area (Å²) in [5, 5.41) is 5.16. The zero-order chi connectivity index (χ0) is 15.3. The van der Waals surface area contributed by atoms with Gasteiger partial charge < -0.3 is 15.4 Å². The summed E-state index contributed by atoms with van der Waals surface area (Å²) in [7, 11) is -3.05. The number of alkyl carbamates (subject to hydrolysis) is 1. The molecular formula is C12H22N2O5S. The molecule has 0 aromatic heterocycles. The lowest BCUT2D eigenvalue weighted by atomic mass is 10.0. The molecule has 0 saturated carbocycles. The van der Waals surface area contributed by atoms with Crippen molar-refractivity contribution >= 4 is 21.8 Å². The van der Waals surface area contributed by atoms with Gasteiger partial charge in [-0.25, -0.2) is 13.2 Å². The van der Waals surface area contributed by atoms with Gasteiger partial charge in [-0.3, -0.25) is 4.79 Å². The van der Waals surface area contributed by atoms with Gasteiger partial charge in [0, 0.05) is 6.04 Å². The number of rotatable bonds is 5. The summed E-state index contributed by atoms with van der Waals surface area (Å²) >= 11 is 0. The van der Waals surface area contributed by atoms with Crippen molar-refractivity contribution in [3.63, 3.8) is 0 Å². The summed E-state index contributed by atoms with van der Waals surface area (Å²) in [5.74, 6) is -0.453. The molecule has 0 aliphatic carbocycles. The van der Waals surface area contributed by atoms with Crippen LogP contribution in [-0.2, 0) is 19.4 Å².